The zero-order chi connectivity index (χ0) is 12.9. The van der Waals surface area contributed by atoms with Crippen LogP contribution in [0.1, 0.15) is 19.3 Å². The van der Waals surface area contributed by atoms with Gasteiger partial charge < -0.3 is 10.3 Å². The molecule has 0 spiro atoms. The SMILES string of the molecule is Cn1cnc(N)c1S(=O)(=O)N1CC2CCCC2C1. The summed E-state index contributed by atoms with van der Waals surface area (Å²) < 4.78 is 28.2. The molecule has 0 radical (unpaired) electrons. The maximum absolute atomic E-state index is 12.6. The van der Waals surface area contributed by atoms with E-state index in [0.29, 0.717) is 24.9 Å². The minimum absolute atomic E-state index is 0.0922. The summed E-state index contributed by atoms with van der Waals surface area (Å²) >= 11 is 0. The normalized spacial score (nSPS) is 28.7. The topological polar surface area (TPSA) is 81.2 Å². The third-order valence-electron chi connectivity index (χ3n) is 4.19. The lowest BCUT2D eigenvalue weighted by atomic mass is 10.0. The van der Waals surface area contributed by atoms with Crippen LogP contribution in [0.25, 0.3) is 0 Å². The Morgan fingerprint density at radius 2 is 1.94 bits per heavy atom. The number of imidazole rings is 1. The first kappa shape index (κ1) is 12.0. The van der Waals surface area contributed by atoms with Gasteiger partial charge >= 0.3 is 0 Å². The average molecular weight is 270 g/mol. The van der Waals surface area contributed by atoms with Gasteiger partial charge in [0.05, 0.1) is 6.33 Å². The molecule has 2 fully saturated rings. The van der Waals surface area contributed by atoms with Crippen molar-refractivity contribution >= 4 is 15.8 Å². The molecule has 100 valence electrons. The van der Waals surface area contributed by atoms with Crippen LogP contribution >= 0.6 is 0 Å². The van der Waals surface area contributed by atoms with Gasteiger partial charge in [0.2, 0.25) is 0 Å². The van der Waals surface area contributed by atoms with Gasteiger partial charge in [-0.25, -0.2) is 13.4 Å². The predicted molar refractivity (Wildman–Crippen MR) is 67.2 cm³/mol. The molecule has 1 aliphatic heterocycles. The number of nitrogens with zero attached hydrogens (tertiary/aromatic N) is 3. The fourth-order valence-electron chi connectivity index (χ4n) is 3.26. The highest BCUT2D eigenvalue weighted by atomic mass is 32.2. The van der Waals surface area contributed by atoms with Crippen molar-refractivity contribution in [2.45, 2.75) is 24.3 Å². The van der Waals surface area contributed by atoms with E-state index in [9.17, 15) is 8.42 Å². The van der Waals surface area contributed by atoms with Crippen LogP contribution in [0.2, 0.25) is 0 Å². The van der Waals surface area contributed by atoms with E-state index < -0.39 is 10.0 Å². The molecule has 6 nitrogen and oxygen atoms in total. The summed E-state index contributed by atoms with van der Waals surface area (Å²) in [4.78, 5) is 3.86. The van der Waals surface area contributed by atoms with Crippen LogP contribution in [0.3, 0.4) is 0 Å². The summed E-state index contributed by atoms with van der Waals surface area (Å²) in [6, 6.07) is 0. The van der Waals surface area contributed by atoms with Gasteiger partial charge in [-0.1, -0.05) is 6.42 Å². The molecule has 0 aromatic carbocycles. The number of hydrogen-bond donors (Lipinski definition) is 1. The zero-order valence-electron chi connectivity index (χ0n) is 10.4. The maximum Gasteiger partial charge on any atom is 0.262 e. The molecule has 1 aliphatic carbocycles. The minimum Gasteiger partial charge on any atom is -0.381 e. The molecule has 1 saturated heterocycles. The highest BCUT2D eigenvalue weighted by Gasteiger charge is 2.42. The molecule has 1 saturated carbocycles. The quantitative estimate of drug-likeness (QED) is 0.844. The number of nitrogens with two attached hydrogens (primary N) is 1. The van der Waals surface area contributed by atoms with E-state index in [-0.39, 0.29) is 10.8 Å². The number of sulfonamides is 1. The number of aromatic nitrogens is 2. The Morgan fingerprint density at radius 3 is 2.44 bits per heavy atom. The second kappa shape index (κ2) is 3.96. The van der Waals surface area contributed by atoms with Gasteiger partial charge in [-0.15, -0.1) is 0 Å². The van der Waals surface area contributed by atoms with Crippen molar-refractivity contribution in [1.82, 2.24) is 13.9 Å². The molecule has 1 aromatic rings. The fourth-order valence-corrected chi connectivity index (χ4v) is 5.01. The van der Waals surface area contributed by atoms with Gasteiger partial charge in [0.15, 0.2) is 10.8 Å². The molecule has 0 amide bonds. The van der Waals surface area contributed by atoms with Crippen molar-refractivity contribution in [1.29, 1.82) is 0 Å². The van der Waals surface area contributed by atoms with Crippen LogP contribution in [-0.4, -0.2) is 35.4 Å². The zero-order valence-corrected chi connectivity index (χ0v) is 11.2. The van der Waals surface area contributed by atoms with Crippen molar-refractivity contribution in [3.8, 4) is 0 Å². The summed E-state index contributed by atoms with van der Waals surface area (Å²) in [7, 11) is -1.83. The number of nitrogen functional groups attached to an aromatic ring is 1. The Morgan fingerprint density at radius 1 is 1.33 bits per heavy atom. The third-order valence-corrected chi connectivity index (χ3v) is 6.15. The Bertz CT molecular complexity index is 534. The molecule has 0 bridgehead atoms. The Kier molecular flexibility index (Phi) is 2.63. The Hall–Kier alpha value is -1.08. The first-order valence-electron chi connectivity index (χ1n) is 6.27. The number of fused-ring (bicyclic) bond motifs is 1. The van der Waals surface area contributed by atoms with Gasteiger partial charge in [-0.3, -0.25) is 0 Å². The highest BCUT2D eigenvalue weighted by molar-refractivity contribution is 7.89. The first-order chi connectivity index (χ1) is 8.50. The van der Waals surface area contributed by atoms with Crippen LogP contribution in [0, 0.1) is 11.8 Å². The molecule has 1 aromatic heterocycles. The first-order valence-corrected chi connectivity index (χ1v) is 7.71. The molecular weight excluding hydrogens is 252 g/mol. The monoisotopic (exact) mass is 270 g/mol. The second-order valence-electron chi connectivity index (χ2n) is 5.32. The van der Waals surface area contributed by atoms with E-state index in [1.54, 1.807) is 11.4 Å². The van der Waals surface area contributed by atoms with E-state index in [4.69, 9.17) is 5.73 Å². The summed E-state index contributed by atoms with van der Waals surface area (Å²) in [5.41, 5.74) is 5.67. The molecule has 2 aliphatic rings. The van der Waals surface area contributed by atoms with E-state index >= 15 is 0 Å². The summed E-state index contributed by atoms with van der Waals surface area (Å²) in [5.74, 6) is 1.16. The molecular formula is C11H18N4O2S. The van der Waals surface area contributed by atoms with Crippen LogP contribution in [-0.2, 0) is 17.1 Å². The van der Waals surface area contributed by atoms with Crippen molar-refractivity contribution < 1.29 is 8.42 Å². The standard InChI is InChI=1S/C11H18N4O2S/c1-14-7-13-10(12)11(14)18(16,17)15-5-8-3-2-4-9(8)6-15/h7-9H,2-6,12H2,1H3. The molecule has 2 unspecified atom stereocenters. The summed E-state index contributed by atoms with van der Waals surface area (Å²) in [6.45, 7) is 1.27. The smallest absolute Gasteiger partial charge is 0.262 e. The minimum atomic E-state index is -3.49. The largest absolute Gasteiger partial charge is 0.381 e. The second-order valence-corrected chi connectivity index (χ2v) is 7.17. The molecule has 7 heteroatoms. The Labute approximate surface area is 107 Å². The number of anilines is 1. The lowest BCUT2D eigenvalue weighted by Crippen LogP contribution is -2.31. The van der Waals surface area contributed by atoms with E-state index in [2.05, 4.69) is 4.98 Å². The molecule has 2 N–H and O–H groups in total. The van der Waals surface area contributed by atoms with Crippen LogP contribution in [0.5, 0.6) is 0 Å². The van der Waals surface area contributed by atoms with Crippen LogP contribution in [0.4, 0.5) is 5.82 Å². The number of aryl methyl sites for hydroxylation is 1. The maximum atomic E-state index is 12.6. The van der Waals surface area contributed by atoms with Crippen molar-refractivity contribution in [2.24, 2.45) is 18.9 Å². The summed E-state index contributed by atoms with van der Waals surface area (Å²) in [5, 5.41) is 0.127. The van der Waals surface area contributed by atoms with Crippen LogP contribution < -0.4 is 5.73 Å². The van der Waals surface area contributed by atoms with Crippen molar-refractivity contribution in [2.75, 3.05) is 18.8 Å². The predicted octanol–water partition coefficient (Wildman–Crippen LogP) is 0.423. The fraction of sp³-hybridized carbons (Fsp3) is 0.727. The highest BCUT2D eigenvalue weighted by Crippen LogP contribution is 2.40. The molecule has 2 heterocycles. The Balaban J connectivity index is 1.92. The lowest BCUT2D eigenvalue weighted by Gasteiger charge is -2.17. The average Bonchev–Trinajstić information content (AvgIpc) is 2.91. The third kappa shape index (κ3) is 1.65. The van der Waals surface area contributed by atoms with Gasteiger partial charge in [0.25, 0.3) is 10.0 Å². The summed E-state index contributed by atoms with van der Waals surface area (Å²) in [6.07, 6.45) is 4.98. The van der Waals surface area contributed by atoms with Crippen molar-refractivity contribution in [3.63, 3.8) is 0 Å². The van der Waals surface area contributed by atoms with Gasteiger partial charge in [0, 0.05) is 20.1 Å². The van der Waals surface area contributed by atoms with Gasteiger partial charge in [-0.05, 0) is 24.7 Å². The van der Waals surface area contributed by atoms with Gasteiger partial charge in [-0.2, -0.15) is 4.31 Å². The molecule has 3 rings (SSSR count). The van der Waals surface area contributed by atoms with Crippen LogP contribution in [0.15, 0.2) is 11.4 Å². The molecule has 18 heavy (non-hydrogen) atoms. The number of hydrogen-bond acceptors (Lipinski definition) is 4. The lowest BCUT2D eigenvalue weighted by molar-refractivity contribution is 0.441. The van der Waals surface area contributed by atoms with E-state index in [1.165, 1.54) is 17.3 Å². The number of rotatable bonds is 2. The van der Waals surface area contributed by atoms with Crippen molar-refractivity contribution in [3.05, 3.63) is 6.33 Å². The molecule has 2 atom stereocenters. The van der Waals surface area contributed by atoms with Gasteiger partial charge in [0.1, 0.15) is 0 Å². The van der Waals surface area contributed by atoms with E-state index in [0.717, 1.165) is 12.8 Å². The van der Waals surface area contributed by atoms with E-state index in [1.807, 2.05) is 0 Å².